The second-order valence-electron chi connectivity index (χ2n) is 9.38. The van der Waals surface area contributed by atoms with Crippen molar-refractivity contribution in [3.05, 3.63) is 30.6 Å². The summed E-state index contributed by atoms with van der Waals surface area (Å²) in [6.07, 6.45) is 7.71. The van der Waals surface area contributed by atoms with Gasteiger partial charge in [0.1, 0.15) is 11.2 Å². The van der Waals surface area contributed by atoms with E-state index in [-0.39, 0.29) is 11.5 Å². The molecule has 164 valence electrons. The molecule has 3 aromatic heterocycles. The lowest BCUT2D eigenvalue weighted by molar-refractivity contribution is -0.145. The molecule has 2 aliphatic rings. The first-order chi connectivity index (χ1) is 15.5. The fourth-order valence-corrected chi connectivity index (χ4v) is 5.20. The highest BCUT2D eigenvalue weighted by Gasteiger charge is 2.48. The summed E-state index contributed by atoms with van der Waals surface area (Å²) in [5, 5.41) is 12.6. The van der Waals surface area contributed by atoms with Gasteiger partial charge in [0.15, 0.2) is 0 Å². The lowest BCUT2D eigenvalue weighted by Crippen LogP contribution is -2.53. The Kier molecular flexibility index (Phi) is 4.21. The predicted molar refractivity (Wildman–Crippen MR) is 122 cm³/mol. The van der Waals surface area contributed by atoms with Crippen LogP contribution in [-0.2, 0) is 11.8 Å². The SMILES string of the molecule is Cn1nnc2ccc(-c3c[nH]c4nc(NC5CC(C)(C(=O)N6CCCC6)C5)ncc34)cc21. The van der Waals surface area contributed by atoms with Crippen LogP contribution < -0.4 is 5.32 Å². The minimum absolute atomic E-state index is 0.221. The number of nitrogens with one attached hydrogen (secondary N) is 2. The van der Waals surface area contributed by atoms with Gasteiger partial charge >= 0.3 is 0 Å². The van der Waals surface area contributed by atoms with Crippen molar-refractivity contribution in [3.8, 4) is 11.1 Å². The Bertz CT molecular complexity index is 1330. The Morgan fingerprint density at radius 3 is 2.88 bits per heavy atom. The Labute approximate surface area is 185 Å². The first-order valence-corrected chi connectivity index (χ1v) is 11.2. The zero-order chi connectivity index (χ0) is 21.9. The normalized spacial score (nSPS) is 23.1. The van der Waals surface area contributed by atoms with Crippen LogP contribution in [0.15, 0.2) is 30.6 Å². The molecule has 1 amide bonds. The Morgan fingerprint density at radius 1 is 1.25 bits per heavy atom. The smallest absolute Gasteiger partial charge is 0.228 e. The van der Waals surface area contributed by atoms with Crippen molar-refractivity contribution in [3.63, 3.8) is 0 Å². The van der Waals surface area contributed by atoms with Gasteiger partial charge in [-0.3, -0.25) is 4.79 Å². The number of carbonyl (C=O) groups excluding carboxylic acids is 1. The molecule has 9 nitrogen and oxygen atoms in total. The van der Waals surface area contributed by atoms with Crippen molar-refractivity contribution >= 4 is 33.9 Å². The van der Waals surface area contributed by atoms with Crippen LogP contribution in [0, 0.1) is 5.41 Å². The second kappa shape index (κ2) is 7.01. The molecule has 6 rings (SSSR count). The molecule has 1 aliphatic heterocycles. The van der Waals surface area contributed by atoms with Crippen molar-refractivity contribution in [2.45, 2.75) is 38.6 Å². The summed E-state index contributed by atoms with van der Waals surface area (Å²) in [6, 6.07) is 6.32. The summed E-state index contributed by atoms with van der Waals surface area (Å²) in [7, 11) is 1.89. The molecule has 1 aromatic carbocycles. The summed E-state index contributed by atoms with van der Waals surface area (Å²) in [4.78, 5) is 27.3. The molecule has 1 saturated carbocycles. The van der Waals surface area contributed by atoms with E-state index in [0.29, 0.717) is 11.9 Å². The third-order valence-electron chi connectivity index (χ3n) is 6.99. The number of nitrogens with zero attached hydrogens (tertiary/aromatic N) is 6. The number of aryl methyl sites for hydroxylation is 1. The van der Waals surface area contributed by atoms with Crippen LogP contribution in [0.3, 0.4) is 0 Å². The Hall–Kier alpha value is -3.49. The second-order valence-corrected chi connectivity index (χ2v) is 9.38. The van der Waals surface area contributed by atoms with Gasteiger partial charge in [-0.2, -0.15) is 4.98 Å². The van der Waals surface area contributed by atoms with Gasteiger partial charge in [0.25, 0.3) is 0 Å². The fraction of sp³-hybridized carbons (Fsp3) is 0.435. The van der Waals surface area contributed by atoms with Crippen LogP contribution in [-0.4, -0.2) is 59.9 Å². The number of amides is 1. The van der Waals surface area contributed by atoms with E-state index in [9.17, 15) is 4.79 Å². The molecule has 0 radical (unpaired) electrons. The molecule has 2 N–H and O–H groups in total. The van der Waals surface area contributed by atoms with E-state index in [4.69, 9.17) is 0 Å². The zero-order valence-electron chi connectivity index (χ0n) is 18.3. The maximum Gasteiger partial charge on any atom is 0.228 e. The van der Waals surface area contributed by atoms with E-state index in [1.807, 2.05) is 36.5 Å². The first kappa shape index (κ1) is 19.2. The number of hydrogen-bond donors (Lipinski definition) is 2. The molecule has 4 aromatic rings. The third-order valence-corrected chi connectivity index (χ3v) is 6.99. The van der Waals surface area contributed by atoms with Crippen LogP contribution in [0.5, 0.6) is 0 Å². The standard InChI is InChI=1S/C23H26N8O/c1-23(21(32)31-7-3-4-8-31)10-15(11-23)26-22-25-13-17-16(12-24-20(17)27-22)14-5-6-18-19(9-14)30(2)29-28-18/h5-6,9,12-13,15H,3-4,7-8,10-11H2,1-2H3,(H2,24,25,26,27). The minimum atomic E-state index is -0.259. The first-order valence-electron chi connectivity index (χ1n) is 11.2. The van der Waals surface area contributed by atoms with E-state index in [2.05, 4.69) is 43.6 Å². The maximum absolute atomic E-state index is 12.8. The molecular weight excluding hydrogens is 404 g/mol. The van der Waals surface area contributed by atoms with Crippen molar-refractivity contribution in [2.75, 3.05) is 18.4 Å². The summed E-state index contributed by atoms with van der Waals surface area (Å²) in [6.45, 7) is 3.90. The van der Waals surface area contributed by atoms with Gasteiger partial charge in [0.2, 0.25) is 11.9 Å². The maximum atomic E-state index is 12.8. The van der Waals surface area contributed by atoms with Gasteiger partial charge < -0.3 is 15.2 Å². The number of benzene rings is 1. The van der Waals surface area contributed by atoms with E-state index >= 15 is 0 Å². The Morgan fingerprint density at radius 2 is 2.06 bits per heavy atom. The largest absolute Gasteiger partial charge is 0.351 e. The zero-order valence-corrected chi connectivity index (χ0v) is 18.3. The topological polar surface area (TPSA) is 105 Å². The number of rotatable bonds is 4. The molecule has 1 aliphatic carbocycles. The number of fused-ring (bicyclic) bond motifs is 2. The summed E-state index contributed by atoms with van der Waals surface area (Å²) in [5.41, 5.74) is 4.49. The third kappa shape index (κ3) is 3.03. The van der Waals surface area contributed by atoms with Crippen LogP contribution in [0.4, 0.5) is 5.95 Å². The number of carbonyl (C=O) groups is 1. The van der Waals surface area contributed by atoms with Crippen LogP contribution in [0.25, 0.3) is 33.2 Å². The summed E-state index contributed by atoms with van der Waals surface area (Å²) < 4.78 is 1.77. The molecule has 32 heavy (non-hydrogen) atoms. The van der Waals surface area contributed by atoms with Crippen molar-refractivity contribution in [1.29, 1.82) is 0 Å². The molecule has 9 heteroatoms. The molecule has 0 unspecified atom stereocenters. The molecule has 0 spiro atoms. The lowest BCUT2D eigenvalue weighted by atomic mass is 9.66. The van der Waals surface area contributed by atoms with Crippen molar-refractivity contribution in [1.82, 2.24) is 34.8 Å². The van der Waals surface area contributed by atoms with Crippen LogP contribution >= 0.6 is 0 Å². The molecular formula is C23H26N8O. The van der Waals surface area contributed by atoms with Gasteiger partial charge in [-0.05, 0) is 43.4 Å². The minimum Gasteiger partial charge on any atom is -0.351 e. The number of likely N-dealkylation sites (tertiary alicyclic amines) is 1. The highest BCUT2D eigenvalue weighted by molar-refractivity contribution is 5.95. The van der Waals surface area contributed by atoms with Gasteiger partial charge in [-0.25, -0.2) is 9.67 Å². The average molecular weight is 431 g/mol. The average Bonchev–Trinajstić information content (AvgIpc) is 3.52. The summed E-state index contributed by atoms with van der Waals surface area (Å²) in [5.74, 6) is 0.900. The number of hydrogen-bond acceptors (Lipinski definition) is 6. The quantitative estimate of drug-likeness (QED) is 0.515. The monoisotopic (exact) mass is 430 g/mol. The Balaban J connectivity index is 1.19. The van der Waals surface area contributed by atoms with Gasteiger partial charge in [-0.15, -0.1) is 5.10 Å². The molecule has 1 saturated heterocycles. The van der Waals surface area contributed by atoms with E-state index in [1.165, 1.54) is 0 Å². The predicted octanol–water partition coefficient (Wildman–Crippen LogP) is 3.11. The molecule has 0 bridgehead atoms. The summed E-state index contributed by atoms with van der Waals surface area (Å²) >= 11 is 0. The van der Waals surface area contributed by atoms with Crippen LogP contribution in [0.2, 0.25) is 0 Å². The molecule has 4 heterocycles. The highest BCUT2D eigenvalue weighted by Crippen LogP contribution is 2.44. The molecule has 2 fully saturated rings. The van der Waals surface area contributed by atoms with Gasteiger partial charge in [0, 0.05) is 49.5 Å². The van der Waals surface area contributed by atoms with Gasteiger partial charge in [-0.1, -0.05) is 18.2 Å². The lowest BCUT2D eigenvalue weighted by Gasteiger charge is -2.45. The van der Waals surface area contributed by atoms with Crippen molar-refractivity contribution < 1.29 is 4.79 Å². The molecule has 0 atom stereocenters. The van der Waals surface area contributed by atoms with Gasteiger partial charge in [0.05, 0.1) is 10.9 Å². The van der Waals surface area contributed by atoms with Crippen LogP contribution in [0.1, 0.15) is 32.6 Å². The number of anilines is 1. The van der Waals surface area contributed by atoms with E-state index < -0.39 is 0 Å². The van der Waals surface area contributed by atoms with E-state index in [1.54, 1.807) is 4.68 Å². The number of aromatic amines is 1. The number of aromatic nitrogens is 6. The van der Waals surface area contributed by atoms with E-state index in [0.717, 1.165) is 72.0 Å². The highest BCUT2D eigenvalue weighted by atomic mass is 16.2. The fourth-order valence-electron chi connectivity index (χ4n) is 5.20. The number of H-pyrrole nitrogens is 1. The van der Waals surface area contributed by atoms with Crippen molar-refractivity contribution in [2.24, 2.45) is 12.5 Å².